The molecular weight excluding hydrogens is 356 g/mol. The van der Waals surface area contributed by atoms with Gasteiger partial charge in [-0.05, 0) is 23.7 Å². The fourth-order valence-corrected chi connectivity index (χ4v) is 6.07. The number of hydrogen-bond donors (Lipinski definition) is 0. The van der Waals surface area contributed by atoms with Gasteiger partial charge in [0.1, 0.15) is 35.1 Å². The maximum Gasteiger partial charge on any atom is 0.137 e. The molecule has 0 aliphatic rings. The van der Waals surface area contributed by atoms with Crippen LogP contribution in [0.15, 0.2) is 25.3 Å². The van der Waals surface area contributed by atoms with Crippen molar-refractivity contribution < 1.29 is 0 Å². The van der Waals surface area contributed by atoms with Crippen molar-refractivity contribution in [2.24, 2.45) is 10.8 Å². The zero-order valence-corrected chi connectivity index (χ0v) is 19.0. The van der Waals surface area contributed by atoms with Gasteiger partial charge in [-0.2, -0.15) is 10.2 Å². The van der Waals surface area contributed by atoms with Crippen molar-refractivity contribution >= 4 is 11.8 Å². The van der Waals surface area contributed by atoms with Crippen molar-refractivity contribution in [2.75, 3.05) is 0 Å². The van der Waals surface area contributed by atoms with E-state index in [0.29, 0.717) is 0 Å². The van der Waals surface area contributed by atoms with E-state index in [0.717, 1.165) is 25.7 Å². The molecule has 0 aliphatic carbocycles. The molecule has 0 fully saturated rings. The summed E-state index contributed by atoms with van der Waals surface area (Å²) in [7, 11) is 0. The molecule has 7 heteroatoms. The van der Waals surface area contributed by atoms with E-state index in [1.54, 1.807) is 12.7 Å². The fourth-order valence-electron chi connectivity index (χ4n) is 3.91. The molecule has 152 valence electrons. The molecule has 0 radical (unpaired) electrons. The molecule has 2 rings (SSSR count). The molecule has 0 saturated heterocycles. The van der Waals surface area contributed by atoms with Crippen LogP contribution >= 0.6 is 11.8 Å². The lowest BCUT2D eigenvalue weighted by molar-refractivity contribution is 0.135. The zero-order valence-electron chi connectivity index (χ0n) is 18.2. The van der Waals surface area contributed by atoms with Crippen LogP contribution in [0.3, 0.4) is 0 Å². The molecule has 27 heavy (non-hydrogen) atoms. The molecule has 2 unspecified atom stereocenters. The van der Waals surface area contributed by atoms with E-state index in [1.807, 2.05) is 24.4 Å². The summed E-state index contributed by atoms with van der Waals surface area (Å²) in [6.45, 7) is 18.3. The van der Waals surface area contributed by atoms with Crippen molar-refractivity contribution in [2.45, 2.75) is 90.8 Å². The van der Waals surface area contributed by atoms with Gasteiger partial charge >= 0.3 is 0 Å². The Balaban J connectivity index is 2.74. The highest BCUT2D eigenvalue weighted by atomic mass is 32.2. The molecule has 2 aromatic heterocycles. The zero-order chi connectivity index (χ0) is 20.3. The third-order valence-electron chi connectivity index (χ3n) is 5.44. The fraction of sp³-hybridized carbons (Fsp3) is 0.800. The third kappa shape index (κ3) is 3.93. The second-order valence-electron chi connectivity index (χ2n) is 9.35. The maximum atomic E-state index is 4.62. The van der Waals surface area contributed by atoms with Crippen LogP contribution in [0.4, 0.5) is 0 Å². The first-order valence-electron chi connectivity index (χ1n) is 9.94. The molecule has 2 atom stereocenters. The van der Waals surface area contributed by atoms with E-state index >= 15 is 0 Å². The number of hydrogen-bond acceptors (Lipinski definition) is 5. The third-order valence-corrected chi connectivity index (χ3v) is 8.12. The topological polar surface area (TPSA) is 61.4 Å². The summed E-state index contributed by atoms with van der Waals surface area (Å²) in [4.78, 5) is 8.06. The van der Waals surface area contributed by atoms with Gasteiger partial charge in [0.15, 0.2) is 0 Å². The highest BCUT2D eigenvalue weighted by Gasteiger charge is 2.55. The molecule has 6 nitrogen and oxygen atoms in total. The van der Waals surface area contributed by atoms with E-state index in [9.17, 15) is 0 Å². The smallest absolute Gasteiger partial charge is 0.137 e. The Morgan fingerprint density at radius 1 is 0.704 bits per heavy atom. The first-order chi connectivity index (χ1) is 12.5. The summed E-state index contributed by atoms with van der Waals surface area (Å²) in [6.07, 6.45) is 11.2. The SMILES string of the molecule is CCCC(SC(CCC)(n1cncn1)C(C)(C)C)(n1cncn1)C(C)(C)C. The normalized spacial score (nSPS) is 17.5. The monoisotopic (exact) mass is 392 g/mol. The lowest BCUT2D eigenvalue weighted by Crippen LogP contribution is -2.52. The van der Waals surface area contributed by atoms with Crippen LogP contribution in [0.1, 0.15) is 81.1 Å². The van der Waals surface area contributed by atoms with Gasteiger partial charge < -0.3 is 0 Å². The standard InChI is InChI=1S/C20H36N6S/c1-9-11-19(17(3,4)5,25-15-21-13-23-25)27-20(12-10-2,18(6,7)8)26-16-22-14-24-26/h13-16H,9-12H2,1-8H3. The van der Waals surface area contributed by atoms with Gasteiger partial charge in [0.2, 0.25) is 0 Å². The van der Waals surface area contributed by atoms with Gasteiger partial charge in [0, 0.05) is 0 Å². The molecule has 0 N–H and O–H groups in total. The summed E-state index contributed by atoms with van der Waals surface area (Å²) >= 11 is 1.98. The van der Waals surface area contributed by atoms with Crippen LogP contribution in [0.25, 0.3) is 0 Å². The van der Waals surface area contributed by atoms with Gasteiger partial charge in [-0.15, -0.1) is 11.8 Å². The highest BCUT2D eigenvalue weighted by molar-refractivity contribution is 8.00. The van der Waals surface area contributed by atoms with Gasteiger partial charge in [0.05, 0.1) is 0 Å². The summed E-state index contributed by atoms with van der Waals surface area (Å²) < 4.78 is 4.16. The average Bonchev–Trinajstić information content (AvgIpc) is 3.25. The highest BCUT2D eigenvalue weighted by Crippen LogP contribution is 2.61. The molecule has 0 saturated carbocycles. The van der Waals surface area contributed by atoms with E-state index in [4.69, 9.17) is 0 Å². The van der Waals surface area contributed by atoms with Crippen molar-refractivity contribution in [1.29, 1.82) is 0 Å². The van der Waals surface area contributed by atoms with Gasteiger partial charge in [-0.1, -0.05) is 68.2 Å². The van der Waals surface area contributed by atoms with Crippen LogP contribution in [0.5, 0.6) is 0 Å². The van der Waals surface area contributed by atoms with Crippen molar-refractivity contribution in [3.8, 4) is 0 Å². The molecule has 0 amide bonds. The van der Waals surface area contributed by atoms with E-state index in [2.05, 4.69) is 84.9 Å². The number of aromatic nitrogens is 6. The van der Waals surface area contributed by atoms with Gasteiger partial charge in [-0.3, -0.25) is 0 Å². The Labute approximate surface area is 168 Å². The van der Waals surface area contributed by atoms with Crippen molar-refractivity contribution in [3.63, 3.8) is 0 Å². The second-order valence-corrected chi connectivity index (χ2v) is 10.9. The van der Waals surface area contributed by atoms with Crippen molar-refractivity contribution in [1.82, 2.24) is 29.5 Å². The minimum atomic E-state index is -0.257. The Morgan fingerprint density at radius 2 is 1.07 bits per heavy atom. The number of thioether (sulfide) groups is 1. The van der Waals surface area contributed by atoms with Crippen LogP contribution in [-0.4, -0.2) is 29.5 Å². The summed E-state index contributed by atoms with van der Waals surface area (Å²) in [5.41, 5.74) is -0.0710. The van der Waals surface area contributed by atoms with E-state index < -0.39 is 0 Å². The molecule has 0 spiro atoms. The summed E-state index contributed by atoms with van der Waals surface area (Å²) in [6, 6.07) is 0. The molecular formula is C20H36N6S. The lowest BCUT2D eigenvalue weighted by Gasteiger charge is -2.53. The van der Waals surface area contributed by atoms with Crippen molar-refractivity contribution in [3.05, 3.63) is 25.3 Å². The quantitative estimate of drug-likeness (QED) is 0.610. The maximum absolute atomic E-state index is 4.62. The summed E-state index contributed by atoms with van der Waals surface area (Å²) in [5, 5.41) is 9.24. The molecule has 2 heterocycles. The Bertz CT molecular complexity index is 623. The van der Waals surface area contributed by atoms with Gasteiger partial charge in [0.25, 0.3) is 0 Å². The largest absolute Gasteiger partial charge is 0.236 e. The predicted molar refractivity (Wildman–Crippen MR) is 112 cm³/mol. The predicted octanol–water partition coefficient (Wildman–Crippen LogP) is 5.30. The van der Waals surface area contributed by atoms with E-state index in [-0.39, 0.29) is 20.6 Å². The number of rotatable bonds is 8. The van der Waals surface area contributed by atoms with Crippen LogP contribution in [-0.2, 0) is 9.74 Å². The first kappa shape index (κ1) is 21.9. The Hall–Kier alpha value is -1.37. The second kappa shape index (κ2) is 7.94. The average molecular weight is 393 g/mol. The molecule has 2 aromatic rings. The lowest BCUT2D eigenvalue weighted by atomic mass is 9.82. The number of nitrogens with zero attached hydrogens (tertiary/aromatic N) is 6. The van der Waals surface area contributed by atoms with Crippen LogP contribution in [0, 0.1) is 10.8 Å². The van der Waals surface area contributed by atoms with Crippen LogP contribution < -0.4 is 0 Å². The Kier molecular flexibility index (Phi) is 6.44. The Morgan fingerprint density at radius 3 is 1.30 bits per heavy atom. The molecule has 0 aromatic carbocycles. The minimum Gasteiger partial charge on any atom is -0.236 e. The van der Waals surface area contributed by atoms with Gasteiger partial charge in [-0.25, -0.2) is 19.3 Å². The molecule has 0 bridgehead atoms. The first-order valence-corrected chi connectivity index (χ1v) is 10.8. The van der Waals surface area contributed by atoms with E-state index in [1.165, 1.54) is 0 Å². The van der Waals surface area contributed by atoms with Crippen LogP contribution in [0.2, 0.25) is 0 Å². The summed E-state index contributed by atoms with van der Waals surface area (Å²) in [5.74, 6) is 0. The molecule has 0 aliphatic heterocycles. The minimum absolute atomic E-state index is 0.0355.